The Kier molecular flexibility index (Phi) is 3.55. The lowest BCUT2D eigenvalue weighted by molar-refractivity contribution is 0.173. The van der Waals surface area contributed by atoms with Gasteiger partial charge in [-0.3, -0.25) is 0 Å². The fourth-order valence-corrected chi connectivity index (χ4v) is 5.81. The lowest BCUT2D eigenvalue weighted by Gasteiger charge is -2.24. The van der Waals surface area contributed by atoms with Crippen LogP contribution in [0.4, 0.5) is 0 Å². The normalized spacial score (nSPS) is 21.8. The molecule has 5 heteroatoms. The van der Waals surface area contributed by atoms with Crippen molar-refractivity contribution >= 4 is 20.6 Å². The molecule has 0 spiro atoms. The first kappa shape index (κ1) is 15.9. The van der Waals surface area contributed by atoms with Crippen molar-refractivity contribution < 1.29 is 13.2 Å². The molecule has 3 aromatic carbocycles. The lowest BCUT2D eigenvalue weighted by Crippen LogP contribution is -2.39. The van der Waals surface area contributed by atoms with Crippen molar-refractivity contribution in [2.75, 3.05) is 13.1 Å². The van der Waals surface area contributed by atoms with Gasteiger partial charge in [0.1, 0.15) is 16.7 Å². The molecule has 1 N–H and O–H groups in total. The van der Waals surface area contributed by atoms with Crippen LogP contribution in [0.15, 0.2) is 70.5 Å². The second-order valence-corrected chi connectivity index (χ2v) is 8.80. The summed E-state index contributed by atoms with van der Waals surface area (Å²) in [6.45, 7) is 1.69. The van der Waals surface area contributed by atoms with Gasteiger partial charge < -0.3 is 10.1 Å². The van der Waals surface area contributed by atoms with Gasteiger partial charge in [0, 0.05) is 23.4 Å². The van der Waals surface area contributed by atoms with Crippen LogP contribution in [0.3, 0.4) is 0 Å². The first-order valence-electron chi connectivity index (χ1n) is 8.89. The molecule has 2 unspecified atom stereocenters. The predicted octanol–water partition coefficient (Wildman–Crippen LogP) is 3.51. The smallest absolute Gasteiger partial charge is 0.210 e. The molecule has 132 valence electrons. The van der Waals surface area contributed by atoms with Gasteiger partial charge in [0.05, 0.1) is 4.90 Å². The predicted molar refractivity (Wildman–Crippen MR) is 100 cm³/mol. The number of piperidine rings is 1. The molecule has 0 aromatic heterocycles. The van der Waals surface area contributed by atoms with Gasteiger partial charge in [-0.25, -0.2) is 8.42 Å². The van der Waals surface area contributed by atoms with Crippen LogP contribution in [0, 0.1) is 0 Å². The molecule has 26 heavy (non-hydrogen) atoms. The highest BCUT2D eigenvalue weighted by molar-refractivity contribution is 7.91. The lowest BCUT2D eigenvalue weighted by atomic mass is 9.90. The van der Waals surface area contributed by atoms with Crippen LogP contribution in [0.2, 0.25) is 0 Å². The Bertz CT molecular complexity index is 1100. The Labute approximate surface area is 152 Å². The maximum Gasteiger partial charge on any atom is 0.210 e. The molecular weight excluding hydrogens is 346 g/mol. The Morgan fingerprint density at radius 1 is 0.923 bits per heavy atom. The number of para-hydroxylation sites is 1. The number of sulfone groups is 1. The number of fused-ring (bicyclic) bond motifs is 4. The second kappa shape index (κ2) is 5.83. The summed E-state index contributed by atoms with van der Waals surface area (Å²) in [4.78, 5) is 0.612. The minimum absolute atomic E-state index is 0.0163. The molecule has 0 aliphatic carbocycles. The van der Waals surface area contributed by atoms with Gasteiger partial charge in [-0.15, -0.1) is 0 Å². The first-order chi connectivity index (χ1) is 12.7. The maximum atomic E-state index is 13.5. The molecule has 4 nitrogen and oxygen atoms in total. The topological polar surface area (TPSA) is 55.4 Å². The highest BCUT2D eigenvalue weighted by Gasteiger charge is 2.39. The number of benzene rings is 3. The van der Waals surface area contributed by atoms with Crippen LogP contribution >= 0.6 is 0 Å². The SMILES string of the molecule is O=S(=O)(c1cccc2c1OC1CNCCC21)c1cccc2ccccc12. The summed E-state index contributed by atoms with van der Waals surface area (Å²) < 4.78 is 33.2. The van der Waals surface area contributed by atoms with E-state index in [0.29, 0.717) is 10.6 Å². The van der Waals surface area contributed by atoms with Crippen LogP contribution in [0.1, 0.15) is 17.9 Å². The zero-order chi connectivity index (χ0) is 17.7. The van der Waals surface area contributed by atoms with E-state index in [1.807, 2.05) is 42.5 Å². The second-order valence-electron chi connectivity index (χ2n) is 6.91. The van der Waals surface area contributed by atoms with Gasteiger partial charge in [0.2, 0.25) is 9.84 Å². The average Bonchev–Trinajstić information content (AvgIpc) is 3.06. The van der Waals surface area contributed by atoms with Gasteiger partial charge in [0.15, 0.2) is 0 Å². The standard InChI is InChI=1S/C21H19NO3S/c23-26(24,19-9-3-6-14-5-1-2-7-15(14)19)20-10-4-8-17-16-11-12-22-13-18(16)25-21(17)20/h1-10,16,18,22H,11-13H2. The van der Waals surface area contributed by atoms with Crippen LogP contribution < -0.4 is 10.1 Å². The fourth-order valence-electron chi connectivity index (χ4n) is 4.17. The average molecular weight is 365 g/mol. The van der Waals surface area contributed by atoms with Gasteiger partial charge >= 0.3 is 0 Å². The number of rotatable bonds is 2. The molecule has 2 aliphatic heterocycles. The third-order valence-corrected chi connectivity index (χ3v) is 7.27. The summed E-state index contributed by atoms with van der Waals surface area (Å²) in [6.07, 6.45) is 0.984. The molecule has 0 bridgehead atoms. The molecule has 2 heterocycles. The highest BCUT2D eigenvalue weighted by atomic mass is 32.2. The van der Waals surface area contributed by atoms with Crippen molar-refractivity contribution in [2.45, 2.75) is 28.2 Å². The number of nitrogens with one attached hydrogen (secondary N) is 1. The van der Waals surface area contributed by atoms with Gasteiger partial charge in [0.25, 0.3) is 0 Å². The monoisotopic (exact) mass is 365 g/mol. The highest BCUT2D eigenvalue weighted by Crippen LogP contribution is 2.46. The zero-order valence-electron chi connectivity index (χ0n) is 14.2. The molecular formula is C21H19NO3S. The third-order valence-electron chi connectivity index (χ3n) is 5.43. The molecule has 5 rings (SSSR count). The molecule has 2 aliphatic rings. The van der Waals surface area contributed by atoms with E-state index in [-0.39, 0.29) is 16.9 Å². The fraction of sp³-hybridized carbons (Fsp3) is 0.238. The summed E-state index contributed by atoms with van der Waals surface area (Å²) in [7, 11) is -3.68. The van der Waals surface area contributed by atoms with Crippen LogP contribution in [-0.4, -0.2) is 27.6 Å². The zero-order valence-corrected chi connectivity index (χ0v) is 15.0. The number of hydrogen-bond acceptors (Lipinski definition) is 4. The Balaban J connectivity index is 1.70. The summed E-state index contributed by atoms with van der Waals surface area (Å²) in [5, 5.41) is 4.99. The van der Waals surface area contributed by atoms with Gasteiger partial charge in [-0.2, -0.15) is 0 Å². The van der Waals surface area contributed by atoms with E-state index in [1.165, 1.54) is 0 Å². The van der Waals surface area contributed by atoms with Crippen molar-refractivity contribution in [3.05, 3.63) is 66.2 Å². The summed E-state index contributed by atoms with van der Waals surface area (Å²) >= 11 is 0. The quantitative estimate of drug-likeness (QED) is 0.755. The maximum absolute atomic E-state index is 13.5. The van der Waals surface area contributed by atoms with E-state index in [0.717, 1.165) is 35.8 Å². The molecule has 1 saturated heterocycles. The van der Waals surface area contributed by atoms with E-state index in [1.54, 1.807) is 18.2 Å². The molecule has 1 fully saturated rings. The minimum atomic E-state index is -3.68. The van der Waals surface area contributed by atoms with E-state index in [9.17, 15) is 8.42 Å². The third kappa shape index (κ3) is 2.27. The van der Waals surface area contributed by atoms with Crippen molar-refractivity contribution in [3.8, 4) is 5.75 Å². The Morgan fingerprint density at radius 3 is 2.62 bits per heavy atom. The minimum Gasteiger partial charge on any atom is -0.487 e. The Hall–Kier alpha value is -2.37. The summed E-state index contributed by atoms with van der Waals surface area (Å²) in [5.41, 5.74) is 1.03. The van der Waals surface area contributed by atoms with Crippen molar-refractivity contribution in [1.82, 2.24) is 5.32 Å². The van der Waals surface area contributed by atoms with Crippen LogP contribution in [0.25, 0.3) is 10.8 Å². The van der Waals surface area contributed by atoms with E-state index < -0.39 is 9.84 Å². The van der Waals surface area contributed by atoms with Gasteiger partial charge in [-0.05, 0) is 30.5 Å². The molecule has 0 amide bonds. The molecule has 3 aromatic rings. The Morgan fingerprint density at radius 2 is 1.69 bits per heavy atom. The van der Waals surface area contributed by atoms with E-state index in [2.05, 4.69) is 5.32 Å². The van der Waals surface area contributed by atoms with Gasteiger partial charge in [-0.1, -0.05) is 48.5 Å². The summed E-state index contributed by atoms with van der Waals surface area (Å²) in [5.74, 6) is 0.813. The molecule has 2 atom stereocenters. The largest absolute Gasteiger partial charge is 0.487 e. The number of hydrogen-bond donors (Lipinski definition) is 1. The number of ether oxygens (including phenoxy) is 1. The molecule has 0 saturated carbocycles. The van der Waals surface area contributed by atoms with Crippen molar-refractivity contribution in [1.29, 1.82) is 0 Å². The molecule has 0 radical (unpaired) electrons. The van der Waals surface area contributed by atoms with E-state index in [4.69, 9.17) is 4.74 Å². The van der Waals surface area contributed by atoms with Crippen molar-refractivity contribution in [2.24, 2.45) is 0 Å². The summed E-state index contributed by atoms with van der Waals surface area (Å²) in [6, 6.07) is 18.5. The first-order valence-corrected chi connectivity index (χ1v) is 10.4. The van der Waals surface area contributed by atoms with E-state index >= 15 is 0 Å². The van der Waals surface area contributed by atoms with Crippen molar-refractivity contribution in [3.63, 3.8) is 0 Å². The van der Waals surface area contributed by atoms with Crippen LogP contribution in [0.5, 0.6) is 5.75 Å². The van der Waals surface area contributed by atoms with Crippen LogP contribution in [-0.2, 0) is 9.84 Å².